The molecule has 0 saturated carbocycles. The molecule has 1 aliphatic carbocycles. The fourth-order valence-corrected chi connectivity index (χ4v) is 5.02. The van der Waals surface area contributed by atoms with Crippen molar-refractivity contribution < 1.29 is 9.59 Å². The van der Waals surface area contributed by atoms with Gasteiger partial charge in [0.2, 0.25) is 11.8 Å². The van der Waals surface area contributed by atoms with Crippen molar-refractivity contribution in [1.29, 1.82) is 0 Å². The van der Waals surface area contributed by atoms with Gasteiger partial charge < -0.3 is 16.4 Å². The van der Waals surface area contributed by atoms with Gasteiger partial charge in [-0.25, -0.2) is 9.97 Å². The van der Waals surface area contributed by atoms with E-state index in [1.54, 1.807) is 18.3 Å². The SMILES string of the molecule is CCNC(=O)[C@@H](C)NC(=O)CSc1nc(N)c2c3c(sc2n1)CCCC3. The fraction of sp³-hybridized carbons (Fsp3) is 0.529. The van der Waals surface area contributed by atoms with Crippen molar-refractivity contribution in [1.82, 2.24) is 20.6 Å². The number of nitrogens with zero attached hydrogens (tertiary/aromatic N) is 2. The number of nitrogens with two attached hydrogens (primary N) is 1. The van der Waals surface area contributed by atoms with Gasteiger partial charge in [0.15, 0.2) is 5.16 Å². The van der Waals surface area contributed by atoms with Crippen molar-refractivity contribution >= 4 is 50.9 Å². The Hall–Kier alpha value is -1.87. The van der Waals surface area contributed by atoms with Crippen LogP contribution in [0.4, 0.5) is 5.82 Å². The molecule has 2 heterocycles. The number of nitrogen functional groups attached to an aromatic ring is 1. The summed E-state index contributed by atoms with van der Waals surface area (Å²) in [7, 11) is 0. The molecule has 0 aromatic carbocycles. The molecule has 0 spiro atoms. The summed E-state index contributed by atoms with van der Waals surface area (Å²) in [5, 5.41) is 6.83. The largest absolute Gasteiger partial charge is 0.383 e. The normalized spacial score (nSPS) is 14.7. The molecule has 1 aliphatic rings. The average molecular weight is 394 g/mol. The maximum atomic E-state index is 12.0. The van der Waals surface area contributed by atoms with Crippen LogP contribution in [0.1, 0.15) is 37.1 Å². The van der Waals surface area contributed by atoms with E-state index in [9.17, 15) is 9.59 Å². The Balaban J connectivity index is 1.66. The van der Waals surface area contributed by atoms with E-state index in [1.807, 2.05) is 6.92 Å². The zero-order valence-corrected chi connectivity index (χ0v) is 16.6. The highest BCUT2D eigenvalue weighted by Crippen LogP contribution is 2.38. The van der Waals surface area contributed by atoms with Crippen LogP contribution < -0.4 is 16.4 Å². The van der Waals surface area contributed by atoms with E-state index in [1.165, 1.54) is 35.0 Å². The van der Waals surface area contributed by atoms with Gasteiger partial charge in [-0.3, -0.25) is 9.59 Å². The second kappa shape index (κ2) is 8.22. The Morgan fingerprint density at radius 1 is 1.31 bits per heavy atom. The molecule has 2 amide bonds. The molecule has 0 aliphatic heterocycles. The molecule has 0 unspecified atom stereocenters. The van der Waals surface area contributed by atoms with Crippen LogP contribution in [-0.4, -0.2) is 40.1 Å². The first kappa shape index (κ1) is 18.9. The van der Waals surface area contributed by atoms with Crippen LogP contribution in [0.5, 0.6) is 0 Å². The summed E-state index contributed by atoms with van der Waals surface area (Å²) in [6.45, 7) is 4.03. The molecule has 7 nitrogen and oxygen atoms in total. The van der Waals surface area contributed by atoms with Gasteiger partial charge in [0.25, 0.3) is 0 Å². The number of fused-ring (bicyclic) bond motifs is 3. The highest BCUT2D eigenvalue weighted by Gasteiger charge is 2.21. The van der Waals surface area contributed by atoms with E-state index in [0.29, 0.717) is 17.5 Å². The van der Waals surface area contributed by atoms with Crippen molar-refractivity contribution in [2.45, 2.75) is 50.7 Å². The molecule has 0 radical (unpaired) electrons. The van der Waals surface area contributed by atoms with Crippen molar-refractivity contribution in [3.63, 3.8) is 0 Å². The number of thiophene rings is 1. The number of carbonyl (C=O) groups is 2. The van der Waals surface area contributed by atoms with Gasteiger partial charge in [-0.05, 0) is 45.1 Å². The maximum Gasteiger partial charge on any atom is 0.242 e. The Labute approximate surface area is 160 Å². The number of hydrogen-bond acceptors (Lipinski definition) is 7. The van der Waals surface area contributed by atoms with E-state index in [4.69, 9.17) is 5.73 Å². The molecule has 2 aromatic heterocycles. The summed E-state index contributed by atoms with van der Waals surface area (Å²) in [6, 6.07) is -0.569. The van der Waals surface area contributed by atoms with Crippen LogP contribution in [-0.2, 0) is 22.4 Å². The zero-order valence-electron chi connectivity index (χ0n) is 14.9. The van der Waals surface area contributed by atoms with Crippen LogP contribution in [0, 0.1) is 0 Å². The number of amides is 2. The zero-order chi connectivity index (χ0) is 18.7. The van der Waals surface area contributed by atoms with Gasteiger partial charge in [-0.2, -0.15) is 0 Å². The lowest BCUT2D eigenvalue weighted by molar-refractivity contribution is -0.127. The number of thioether (sulfide) groups is 1. The molecule has 140 valence electrons. The summed E-state index contributed by atoms with van der Waals surface area (Å²) in [4.78, 5) is 34.9. The number of likely N-dealkylation sites (N-methyl/N-ethyl adjacent to an activating group) is 1. The smallest absolute Gasteiger partial charge is 0.242 e. The Morgan fingerprint density at radius 2 is 2.08 bits per heavy atom. The third kappa shape index (κ3) is 4.09. The van der Waals surface area contributed by atoms with Gasteiger partial charge in [-0.15, -0.1) is 11.3 Å². The molecule has 0 bridgehead atoms. The summed E-state index contributed by atoms with van der Waals surface area (Å²) in [5.74, 6) is 0.200. The van der Waals surface area contributed by atoms with E-state index >= 15 is 0 Å². The minimum Gasteiger partial charge on any atom is -0.383 e. The van der Waals surface area contributed by atoms with Crippen LogP contribution in [0.3, 0.4) is 0 Å². The number of carbonyl (C=O) groups excluding carboxylic acids is 2. The lowest BCUT2D eigenvalue weighted by Gasteiger charge is -2.13. The molecule has 26 heavy (non-hydrogen) atoms. The molecule has 1 atom stereocenters. The van der Waals surface area contributed by atoms with Gasteiger partial charge in [0, 0.05) is 11.4 Å². The second-order valence-corrected chi connectivity index (χ2v) is 8.28. The first-order valence-corrected chi connectivity index (χ1v) is 10.6. The predicted molar refractivity (Wildman–Crippen MR) is 105 cm³/mol. The Bertz CT molecular complexity index is 836. The van der Waals surface area contributed by atoms with Crippen LogP contribution in [0.2, 0.25) is 0 Å². The molecule has 0 saturated heterocycles. The molecule has 2 aromatic rings. The van der Waals surface area contributed by atoms with E-state index in [-0.39, 0.29) is 17.6 Å². The Kier molecular flexibility index (Phi) is 5.98. The molecule has 3 rings (SSSR count). The first-order chi connectivity index (χ1) is 12.5. The topological polar surface area (TPSA) is 110 Å². The van der Waals surface area contributed by atoms with Crippen molar-refractivity contribution in [2.75, 3.05) is 18.0 Å². The van der Waals surface area contributed by atoms with Gasteiger partial charge in [0.05, 0.1) is 11.1 Å². The number of nitrogens with one attached hydrogen (secondary N) is 2. The number of aromatic nitrogens is 2. The quantitative estimate of drug-likeness (QED) is 0.511. The van der Waals surface area contributed by atoms with Crippen molar-refractivity contribution in [2.24, 2.45) is 0 Å². The Morgan fingerprint density at radius 3 is 2.85 bits per heavy atom. The lowest BCUT2D eigenvalue weighted by Crippen LogP contribution is -2.45. The number of hydrogen-bond donors (Lipinski definition) is 3. The third-order valence-corrected chi connectivity index (χ3v) is 6.31. The fourth-order valence-electron chi connectivity index (χ4n) is 3.04. The second-order valence-electron chi connectivity index (χ2n) is 6.25. The van der Waals surface area contributed by atoms with Crippen molar-refractivity contribution in [3.05, 3.63) is 10.4 Å². The standard InChI is InChI=1S/C17H23N5O2S2/c1-3-19-15(24)9(2)20-12(23)8-25-17-21-14(18)13-10-6-4-5-7-11(10)26-16(13)22-17/h9H,3-8H2,1-2H3,(H,19,24)(H,20,23)(H2,18,21,22)/t9-/m1/s1. The number of anilines is 1. The molecule has 9 heteroatoms. The molecule has 4 N–H and O–H groups in total. The van der Waals surface area contributed by atoms with E-state index in [2.05, 4.69) is 20.6 Å². The summed E-state index contributed by atoms with van der Waals surface area (Å²) >= 11 is 2.92. The average Bonchev–Trinajstić information content (AvgIpc) is 2.99. The third-order valence-electron chi connectivity index (χ3n) is 4.28. The molecular formula is C17H23N5O2S2. The predicted octanol–water partition coefficient (Wildman–Crippen LogP) is 1.89. The molecule has 0 fully saturated rings. The van der Waals surface area contributed by atoms with Crippen molar-refractivity contribution in [3.8, 4) is 0 Å². The van der Waals surface area contributed by atoms with Gasteiger partial charge in [-0.1, -0.05) is 11.8 Å². The summed E-state index contributed by atoms with van der Waals surface area (Å²) < 4.78 is 0. The molecular weight excluding hydrogens is 370 g/mol. The van der Waals surface area contributed by atoms with E-state index < -0.39 is 6.04 Å². The van der Waals surface area contributed by atoms with Gasteiger partial charge >= 0.3 is 0 Å². The highest BCUT2D eigenvalue weighted by molar-refractivity contribution is 7.99. The van der Waals surface area contributed by atoms with Gasteiger partial charge in [0.1, 0.15) is 16.7 Å². The minimum atomic E-state index is -0.569. The highest BCUT2D eigenvalue weighted by atomic mass is 32.2. The maximum absolute atomic E-state index is 12.0. The lowest BCUT2D eigenvalue weighted by atomic mass is 9.97. The number of rotatable bonds is 6. The van der Waals surface area contributed by atoms with Crippen LogP contribution >= 0.6 is 23.1 Å². The summed E-state index contributed by atoms with van der Waals surface area (Å²) in [6.07, 6.45) is 4.51. The van der Waals surface area contributed by atoms with E-state index in [0.717, 1.165) is 23.1 Å². The van der Waals surface area contributed by atoms with Crippen LogP contribution in [0.25, 0.3) is 10.2 Å². The monoisotopic (exact) mass is 393 g/mol. The summed E-state index contributed by atoms with van der Waals surface area (Å²) in [5.41, 5.74) is 7.48. The first-order valence-electron chi connectivity index (χ1n) is 8.77. The van der Waals surface area contributed by atoms with Crippen LogP contribution in [0.15, 0.2) is 5.16 Å². The number of aryl methyl sites for hydroxylation is 2. The minimum absolute atomic E-state index is 0.139.